The first kappa shape index (κ1) is 30.3. The Morgan fingerprint density at radius 2 is 1.64 bits per heavy atom. The summed E-state index contributed by atoms with van der Waals surface area (Å²) in [5, 5.41) is 5.78. The average molecular weight is 598 g/mol. The van der Waals surface area contributed by atoms with Gasteiger partial charge in [-0.2, -0.15) is 0 Å². The number of anilines is 1. The first-order chi connectivity index (χ1) is 20.2. The van der Waals surface area contributed by atoms with Gasteiger partial charge in [-0.25, -0.2) is 13.2 Å². The van der Waals surface area contributed by atoms with Gasteiger partial charge in [0.05, 0.1) is 25.2 Å². The Bertz CT molecular complexity index is 1320. The van der Waals surface area contributed by atoms with Crippen LogP contribution in [-0.4, -0.2) is 94.9 Å². The van der Waals surface area contributed by atoms with Gasteiger partial charge in [0.15, 0.2) is 0 Å². The molecular formula is C31H43N5O5S. The van der Waals surface area contributed by atoms with Crippen molar-refractivity contribution in [1.82, 2.24) is 20.4 Å². The van der Waals surface area contributed by atoms with E-state index in [1.165, 1.54) is 29.8 Å². The number of nitrogens with zero attached hydrogens (tertiary/aromatic N) is 3. The molecule has 10 nitrogen and oxygen atoms in total. The number of fused-ring (bicyclic) bond motifs is 2. The van der Waals surface area contributed by atoms with Crippen LogP contribution in [0.4, 0.5) is 10.5 Å². The smallest absolute Gasteiger partial charge is 0.315 e. The van der Waals surface area contributed by atoms with Crippen LogP contribution in [-0.2, 0) is 31.6 Å². The van der Waals surface area contributed by atoms with E-state index in [2.05, 4.69) is 15.5 Å². The summed E-state index contributed by atoms with van der Waals surface area (Å²) in [5.41, 5.74) is 2.41. The van der Waals surface area contributed by atoms with Crippen molar-refractivity contribution in [3.05, 3.63) is 65.7 Å². The Morgan fingerprint density at radius 1 is 0.952 bits per heavy atom. The molecule has 0 aliphatic carbocycles. The molecule has 0 radical (unpaired) electrons. The van der Waals surface area contributed by atoms with Crippen LogP contribution >= 0.6 is 0 Å². The predicted octanol–water partition coefficient (Wildman–Crippen LogP) is 2.70. The summed E-state index contributed by atoms with van der Waals surface area (Å²) in [6.45, 7) is 5.13. The molecule has 0 aromatic heterocycles. The van der Waals surface area contributed by atoms with Gasteiger partial charge in [0, 0.05) is 38.1 Å². The zero-order valence-electron chi connectivity index (χ0n) is 24.5. The minimum absolute atomic E-state index is 0.0552. The van der Waals surface area contributed by atoms with Crippen molar-refractivity contribution >= 4 is 27.6 Å². The Balaban J connectivity index is 1.21. The predicted molar refractivity (Wildman–Crippen MR) is 163 cm³/mol. The van der Waals surface area contributed by atoms with Gasteiger partial charge in [0.1, 0.15) is 6.04 Å². The van der Waals surface area contributed by atoms with Gasteiger partial charge in [-0.15, -0.1) is 0 Å². The van der Waals surface area contributed by atoms with E-state index < -0.39 is 16.1 Å². The van der Waals surface area contributed by atoms with Crippen LogP contribution in [0.25, 0.3) is 0 Å². The number of nitrogens with one attached hydrogen (secondary N) is 2. The molecule has 2 aromatic rings. The fourth-order valence-electron chi connectivity index (χ4n) is 6.45. The number of hydrogen-bond donors (Lipinski definition) is 2. The number of carbonyl (C=O) groups is 2. The van der Waals surface area contributed by atoms with Crippen LogP contribution in [0.2, 0.25) is 0 Å². The van der Waals surface area contributed by atoms with Gasteiger partial charge in [0.2, 0.25) is 15.9 Å². The highest BCUT2D eigenvalue weighted by molar-refractivity contribution is 7.92. The molecule has 5 rings (SSSR count). The van der Waals surface area contributed by atoms with Crippen molar-refractivity contribution in [2.75, 3.05) is 63.0 Å². The minimum atomic E-state index is -3.42. The normalized spacial score (nSPS) is 19.4. The Hall–Kier alpha value is -3.15. The highest BCUT2D eigenvalue weighted by Gasteiger charge is 2.47. The highest BCUT2D eigenvalue weighted by atomic mass is 32.2. The molecule has 3 heterocycles. The van der Waals surface area contributed by atoms with Crippen LogP contribution < -0.4 is 14.9 Å². The first-order valence-electron chi connectivity index (χ1n) is 15.0. The standard InChI is InChI=1S/C31H43N5O5S/c1-42(39,40)36-24-31(26-12-6-7-13-28(26)36)14-19-35(20-15-31)29(37)27(23-41-22-25-10-4-2-5-11-25)33-30(38)32-16-21-34-17-8-3-9-18-34/h2,4-7,10-13,27H,3,8-9,14-24H2,1H3,(H2,32,33,38)/t27-/m1/s1. The molecule has 3 aliphatic rings. The molecule has 0 saturated carbocycles. The van der Waals surface area contributed by atoms with E-state index in [0.29, 0.717) is 45.6 Å². The van der Waals surface area contributed by atoms with Gasteiger partial charge in [-0.3, -0.25) is 9.10 Å². The molecule has 1 atom stereocenters. The zero-order valence-corrected chi connectivity index (χ0v) is 25.3. The van der Waals surface area contributed by atoms with Crippen molar-refractivity contribution < 1.29 is 22.7 Å². The van der Waals surface area contributed by atoms with E-state index in [1.54, 1.807) is 4.90 Å². The molecule has 0 bridgehead atoms. The Morgan fingerprint density at radius 3 is 2.36 bits per heavy atom. The summed E-state index contributed by atoms with van der Waals surface area (Å²) in [4.78, 5) is 30.7. The lowest BCUT2D eigenvalue weighted by Crippen LogP contribution is -2.56. The quantitative estimate of drug-likeness (QED) is 0.436. The van der Waals surface area contributed by atoms with Gasteiger partial charge < -0.3 is 25.2 Å². The third kappa shape index (κ3) is 7.25. The second-order valence-corrected chi connectivity index (χ2v) is 13.7. The summed E-state index contributed by atoms with van der Waals surface area (Å²) in [5.74, 6) is -0.185. The number of benzene rings is 2. The molecule has 3 aliphatic heterocycles. The largest absolute Gasteiger partial charge is 0.374 e. The first-order valence-corrected chi connectivity index (χ1v) is 16.8. The van der Waals surface area contributed by atoms with E-state index in [4.69, 9.17) is 4.74 Å². The molecular weight excluding hydrogens is 554 g/mol. The lowest BCUT2D eigenvalue weighted by molar-refractivity contribution is -0.136. The number of urea groups is 1. The van der Waals surface area contributed by atoms with Crippen LogP contribution in [0.5, 0.6) is 0 Å². The highest BCUT2D eigenvalue weighted by Crippen LogP contribution is 2.47. The van der Waals surface area contributed by atoms with Crippen molar-refractivity contribution in [2.24, 2.45) is 0 Å². The maximum atomic E-state index is 13.8. The third-order valence-electron chi connectivity index (χ3n) is 8.78. The van der Waals surface area contributed by atoms with Gasteiger partial charge in [0.25, 0.3) is 0 Å². The Kier molecular flexibility index (Phi) is 9.70. The number of carbonyl (C=O) groups excluding carboxylic acids is 2. The number of para-hydroxylation sites is 1. The topological polar surface area (TPSA) is 111 Å². The molecule has 1 spiro atoms. The number of ether oxygens (including phenoxy) is 1. The molecule has 11 heteroatoms. The number of hydrogen-bond acceptors (Lipinski definition) is 6. The molecule has 2 aromatic carbocycles. The second-order valence-electron chi connectivity index (χ2n) is 11.7. The van der Waals surface area contributed by atoms with Crippen molar-refractivity contribution in [2.45, 2.75) is 50.2 Å². The van der Waals surface area contributed by atoms with Gasteiger partial charge in [-0.05, 0) is 56.0 Å². The van der Waals surface area contributed by atoms with E-state index >= 15 is 0 Å². The SMILES string of the molecule is CS(=O)(=O)N1CC2(CCN(C(=O)[C@@H](COCc3ccccc3)NC(=O)NCCN3CCCCC3)CC2)c2ccccc21. The van der Waals surface area contributed by atoms with Gasteiger partial charge >= 0.3 is 6.03 Å². The van der Waals surface area contributed by atoms with E-state index in [-0.39, 0.29) is 24.0 Å². The number of amides is 3. The molecule has 0 unspecified atom stereocenters. The van der Waals surface area contributed by atoms with Crippen LogP contribution in [0, 0.1) is 0 Å². The lowest BCUT2D eigenvalue weighted by Gasteiger charge is -2.40. The summed E-state index contributed by atoms with van der Waals surface area (Å²) in [6.07, 6.45) is 6.16. The summed E-state index contributed by atoms with van der Waals surface area (Å²) < 4.78 is 32.5. The van der Waals surface area contributed by atoms with Crippen LogP contribution in [0.1, 0.15) is 43.2 Å². The monoisotopic (exact) mass is 597 g/mol. The van der Waals surface area contributed by atoms with Crippen molar-refractivity contribution in [3.63, 3.8) is 0 Å². The molecule has 228 valence electrons. The average Bonchev–Trinajstić information content (AvgIpc) is 3.32. The van der Waals surface area contributed by atoms with E-state index in [0.717, 1.165) is 36.4 Å². The molecule has 2 N–H and O–H groups in total. The fraction of sp³-hybridized carbons (Fsp3) is 0.548. The maximum Gasteiger partial charge on any atom is 0.315 e. The number of piperidine rings is 2. The third-order valence-corrected chi connectivity index (χ3v) is 9.91. The van der Waals surface area contributed by atoms with E-state index in [1.807, 2.05) is 54.6 Å². The zero-order chi connectivity index (χ0) is 29.6. The fourth-order valence-corrected chi connectivity index (χ4v) is 7.45. The van der Waals surface area contributed by atoms with Crippen molar-refractivity contribution in [3.8, 4) is 0 Å². The minimum Gasteiger partial charge on any atom is -0.374 e. The maximum absolute atomic E-state index is 13.8. The summed E-state index contributed by atoms with van der Waals surface area (Å²) in [7, 11) is -3.42. The number of sulfonamides is 1. The summed E-state index contributed by atoms with van der Waals surface area (Å²) >= 11 is 0. The van der Waals surface area contributed by atoms with E-state index in [9.17, 15) is 18.0 Å². The number of rotatable bonds is 10. The van der Waals surface area contributed by atoms with Crippen molar-refractivity contribution in [1.29, 1.82) is 0 Å². The molecule has 2 saturated heterocycles. The molecule has 3 amide bonds. The molecule has 2 fully saturated rings. The lowest BCUT2D eigenvalue weighted by atomic mass is 9.74. The second kappa shape index (κ2) is 13.4. The number of likely N-dealkylation sites (tertiary alicyclic amines) is 2. The van der Waals surface area contributed by atoms with Crippen LogP contribution in [0.3, 0.4) is 0 Å². The van der Waals surface area contributed by atoms with Gasteiger partial charge in [-0.1, -0.05) is 55.0 Å². The molecule has 42 heavy (non-hydrogen) atoms. The summed E-state index contributed by atoms with van der Waals surface area (Å²) in [6, 6.07) is 16.2. The Labute approximate surface area is 249 Å². The van der Waals surface area contributed by atoms with Crippen LogP contribution in [0.15, 0.2) is 54.6 Å².